The van der Waals surface area contributed by atoms with E-state index in [0.717, 1.165) is 46.5 Å². The van der Waals surface area contributed by atoms with Gasteiger partial charge in [-0.3, -0.25) is 0 Å². The van der Waals surface area contributed by atoms with E-state index in [1.807, 2.05) is 0 Å². The minimum Gasteiger partial charge on any atom is -0.347 e. The van der Waals surface area contributed by atoms with E-state index in [2.05, 4.69) is 73.7 Å². The highest BCUT2D eigenvalue weighted by Gasteiger charge is 2.27. The molecule has 0 radical (unpaired) electrons. The summed E-state index contributed by atoms with van der Waals surface area (Å²) in [5, 5.41) is 10.9. The van der Waals surface area contributed by atoms with E-state index < -0.39 is 0 Å². The summed E-state index contributed by atoms with van der Waals surface area (Å²) in [4.78, 5) is 13.3. The summed E-state index contributed by atoms with van der Waals surface area (Å²) in [6, 6.07) is 0.456. The topological polar surface area (TPSA) is 58.0 Å². The molecule has 0 atom stereocenters. The Morgan fingerprint density at radius 1 is 1.17 bits per heavy atom. The van der Waals surface area contributed by atoms with Crippen LogP contribution in [0.1, 0.15) is 38.6 Å². The normalized spacial score (nSPS) is 16.5. The number of hydrogen-bond acceptors (Lipinski definition) is 7. The zero-order valence-corrected chi connectivity index (χ0v) is 16.9. The molecule has 2 aromatic rings. The third kappa shape index (κ3) is 3.85. The highest BCUT2D eigenvalue weighted by atomic mass is 79.9. The Labute approximate surface area is 155 Å². The molecular formula is C16H23BrN6S. The van der Waals surface area contributed by atoms with E-state index in [4.69, 9.17) is 0 Å². The van der Waals surface area contributed by atoms with Gasteiger partial charge in [0.1, 0.15) is 5.01 Å². The molecular weight excluding hydrogens is 388 g/mol. The van der Waals surface area contributed by atoms with Crippen LogP contribution in [-0.4, -0.2) is 46.3 Å². The number of rotatable bonds is 3. The smallest absolute Gasteiger partial charge is 0.225 e. The fraction of sp³-hybridized carbons (Fsp3) is 0.625. The Morgan fingerprint density at radius 2 is 1.79 bits per heavy atom. The van der Waals surface area contributed by atoms with Crippen LogP contribution in [0.5, 0.6) is 0 Å². The second-order valence-electron chi connectivity index (χ2n) is 7.17. The van der Waals surface area contributed by atoms with Crippen molar-refractivity contribution in [3.8, 4) is 0 Å². The van der Waals surface area contributed by atoms with Gasteiger partial charge in [-0.15, -0.1) is 10.2 Å². The quantitative estimate of drug-likeness (QED) is 0.771. The molecule has 8 heteroatoms. The van der Waals surface area contributed by atoms with Crippen molar-refractivity contribution < 1.29 is 0 Å². The number of anilines is 2. The molecule has 24 heavy (non-hydrogen) atoms. The fourth-order valence-corrected chi connectivity index (χ4v) is 3.90. The molecule has 0 N–H and O–H groups in total. The van der Waals surface area contributed by atoms with Crippen molar-refractivity contribution in [1.29, 1.82) is 0 Å². The van der Waals surface area contributed by atoms with Crippen molar-refractivity contribution >= 4 is 38.3 Å². The molecule has 0 unspecified atom stereocenters. The van der Waals surface area contributed by atoms with Crippen LogP contribution in [0, 0.1) is 0 Å². The average molecular weight is 411 g/mol. The van der Waals surface area contributed by atoms with Gasteiger partial charge in [-0.25, -0.2) is 9.97 Å². The molecule has 6 nitrogen and oxygen atoms in total. The number of nitrogens with zero attached hydrogens (tertiary/aromatic N) is 6. The Balaban J connectivity index is 1.61. The first kappa shape index (κ1) is 17.5. The molecule has 1 aliphatic heterocycles. The first-order valence-electron chi connectivity index (χ1n) is 8.14. The number of piperidine rings is 1. The highest BCUT2D eigenvalue weighted by Crippen LogP contribution is 2.31. The molecule has 130 valence electrons. The molecule has 0 saturated carbocycles. The van der Waals surface area contributed by atoms with Crippen molar-refractivity contribution in [3.05, 3.63) is 21.9 Å². The van der Waals surface area contributed by atoms with Gasteiger partial charge in [-0.1, -0.05) is 32.1 Å². The van der Waals surface area contributed by atoms with Gasteiger partial charge in [-0.2, -0.15) is 0 Å². The van der Waals surface area contributed by atoms with Crippen LogP contribution >= 0.6 is 27.3 Å². The molecule has 3 rings (SSSR count). The van der Waals surface area contributed by atoms with Gasteiger partial charge in [0.2, 0.25) is 11.1 Å². The van der Waals surface area contributed by atoms with Crippen LogP contribution in [0.4, 0.5) is 11.1 Å². The van der Waals surface area contributed by atoms with E-state index in [1.54, 1.807) is 23.7 Å². The maximum absolute atomic E-state index is 4.40. The summed E-state index contributed by atoms with van der Waals surface area (Å²) in [6.07, 6.45) is 5.73. The third-order valence-corrected chi connectivity index (χ3v) is 6.08. The fourth-order valence-electron chi connectivity index (χ4n) is 2.74. The minimum atomic E-state index is 0.0629. The van der Waals surface area contributed by atoms with Gasteiger partial charge in [0, 0.05) is 44.0 Å². The van der Waals surface area contributed by atoms with Crippen molar-refractivity contribution in [2.45, 2.75) is 45.1 Å². The summed E-state index contributed by atoms with van der Waals surface area (Å²) in [7, 11) is 2.08. The second kappa shape index (κ2) is 6.92. The standard InChI is InChI=1S/C16H23BrN6S/c1-16(2,3)13-20-21-15(24-13)23-7-5-12(6-8-23)22(4)14-18-9-11(17)10-19-14/h9-10,12H,5-8H2,1-4H3. The van der Waals surface area contributed by atoms with E-state index >= 15 is 0 Å². The molecule has 3 heterocycles. The summed E-state index contributed by atoms with van der Waals surface area (Å²) >= 11 is 5.09. The van der Waals surface area contributed by atoms with Gasteiger partial charge in [0.25, 0.3) is 0 Å². The zero-order chi connectivity index (χ0) is 17.3. The van der Waals surface area contributed by atoms with E-state index in [-0.39, 0.29) is 5.41 Å². The van der Waals surface area contributed by atoms with Crippen molar-refractivity contribution in [3.63, 3.8) is 0 Å². The van der Waals surface area contributed by atoms with E-state index in [9.17, 15) is 0 Å². The van der Waals surface area contributed by atoms with Crippen LogP contribution in [-0.2, 0) is 5.41 Å². The molecule has 1 aliphatic rings. The maximum atomic E-state index is 4.40. The number of halogens is 1. The largest absolute Gasteiger partial charge is 0.347 e. The monoisotopic (exact) mass is 410 g/mol. The molecule has 0 bridgehead atoms. The number of aromatic nitrogens is 4. The molecule has 0 aliphatic carbocycles. The predicted molar refractivity (Wildman–Crippen MR) is 102 cm³/mol. The average Bonchev–Trinajstić information content (AvgIpc) is 3.05. The summed E-state index contributed by atoms with van der Waals surface area (Å²) in [6.45, 7) is 8.51. The Hall–Kier alpha value is -1.28. The van der Waals surface area contributed by atoms with Crippen LogP contribution in [0.15, 0.2) is 16.9 Å². The molecule has 2 aromatic heterocycles. The summed E-state index contributed by atoms with van der Waals surface area (Å²) in [5.74, 6) is 0.780. The van der Waals surface area contributed by atoms with Crippen LogP contribution in [0.25, 0.3) is 0 Å². The Kier molecular flexibility index (Phi) is 5.05. The molecule has 0 amide bonds. The van der Waals surface area contributed by atoms with Gasteiger partial charge in [0.15, 0.2) is 0 Å². The first-order valence-corrected chi connectivity index (χ1v) is 9.75. The lowest BCUT2D eigenvalue weighted by molar-refractivity contribution is 0.476. The van der Waals surface area contributed by atoms with Crippen LogP contribution in [0.2, 0.25) is 0 Å². The zero-order valence-electron chi connectivity index (χ0n) is 14.5. The molecule has 1 saturated heterocycles. The predicted octanol–water partition coefficient (Wildman–Crippen LogP) is 3.49. The molecule has 0 spiro atoms. The van der Waals surface area contributed by atoms with Crippen LogP contribution in [0.3, 0.4) is 0 Å². The Morgan fingerprint density at radius 3 is 2.33 bits per heavy atom. The lowest BCUT2D eigenvalue weighted by atomic mass is 9.98. The maximum Gasteiger partial charge on any atom is 0.225 e. The highest BCUT2D eigenvalue weighted by molar-refractivity contribution is 9.10. The molecule has 0 aromatic carbocycles. The lowest BCUT2D eigenvalue weighted by Crippen LogP contribution is -2.44. The van der Waals surface area contributed by atoms with Crippen molar-refractivity contribution in [2.75, 3.05) is 29.9 Å². The number of hydrogen-bond donors (Lipinski definition) is 0. The second-order valence-corrected chi connectivity index (χ2v) is 9.04. The van der Waals surface area contributed by atoms with Gasteiger partial charge in [-0.05, 0) is 28.8 Å². The SMILES string of the molecule is CN(c1ncc(Br)cn1)C1CCN(c2nnc(C(C)(C)C)s2)CC1. The summed E-state index contributed by atoms with van der Waals surface area (Å²) in [5.41, 5.74) is 0.0629. The lowest BCUT2D eigenvalue weighted by Gasteiger charge is -2.36. The van der Waals surface area contributed by atoms with Crippen LogP contribution < -0.4 is 9.80 Å². The van der Waals surface area contributed by atoms with Gasteiger partial charge >= 0.3 is 0 Å². The van der Waals surface area contributed by atoms with E-state index in [0.29, 0.717) is 6.04 Å². The van der Waals surface area contributed by atoms with Crippen molar-refractivity contribution in [1.82, 2.24) is 20.2 Å². The van der Waals surface area contributed by atoms with E-state index in [1.165, 1.54) is 0 Å². The first-order chi connectivity index (χ1) is 11.3. The van der Waals surface area contributed by atoms with Gasteiger partial charge < -0.3 is 9.80 Å². The molecule has 1 fully saturated rings. The third-order valence-electron chi connectivity index (χ3n) is 4.26. The summed E-state index contributed by atoms with van der Waals surface area (Å²) < 4.78 is 0.903. The Bertz CT molecular complexity index is 673. The van der Waals surface area contributed by atoms with Gasteiger partial charge in [0.05, 0.1) is 4.47 Å². The minimum absolute atomic E-state index is 0.0629. The van der Waals surface area contributed by atoms with Crippen molar-refractivity contribution in [2.24, 2.45) is 0 Å².